The molecule has 1 amide bonds. The van der Waals surface area contributed by atoms with Crippen molar-refractivity contribution in [3.63, 3.8) is 0 Å². The summed E-state index contributed by atoms with van der Waals surface area (Å²) in [6.07, 6.45) is 0. The van der Waals surface area contributed by atoms with E-state index in [4.69, 9.17) is 0 Å². The topological polar surface area (TPSA) is 69.7 Å². The molecule has 7 heteroatoms. The summed E-state index contributed by atoms with van der Waals surface area (Å²) < 4.78 is 26.8. The van der Waals surface area contributed by atoms with Gasteiger partial charge in [-0.05, 0) is 11.8 Å². The molecule has 18 heavy (non-hydrogen) atoms. The third-order valence-corrected chi connectivity index (χ3v) is 5.24. The van der Waals surface area contributed by atoms with E-state index >= 15 is 0 Å². The summed E-state index contributed by atoms with van der Waals surface area (Å²) in [6, 6.07) is -0.0998. The van der Waals surface area contributed by atoms with Crippen molar-refractivity contribution in [2.24, 2.45) is 11.8 Å². The summed E-state index contributed by atoms with van der Waals surface area (Å²) in [5, 5.41) is 2.85. The minimum Gasteiger partial charge on any atom is -0.352 e. The molecule has 0 aliphatic carbocycles. The van der Waals surface area contributed by atoms with Crippen LogP contribution >= 0.6 is 0 Å². The Morgan fingerprint density at radius 2 is 1.89 bits per heavy atom. The highest BCUT2D eigenvalue weighted by molar-refractivity contribution is 7.86. The fourth-order valence-electron chi connectivity index (χ4n) is 2.30. The lowest BCUT2D eigenvalue weighted by Crippen LogP contribution is -2.42. The van der Waals surface area contributed by atoms with Gasteiger partial charge in [0.2, 0.25) is 5.91 Å². The van der Waals surface area contributed by atoms with E-state index in [-0.39, 0.29) is 17.9 Å². The van der Waals surface area contributed by atoms with Crippen molar-refractivity contribution in [3.05, 3.63) is 0 Å². The molecule has 0 bridgehead atoms. The predicted molar refractivity (Wildman–Crippen MR) is 70.1 cm³/mol. The van der Waals surface area contributed by atoms with Crippen LogP contribution in [-0.2, 0) is 15.0 Å². The zero-order valence-electron chi connectivity index (χ0n) is 11.7. The molecule has 0 aromatic rings. The van der Waals surface area contributed by atoms with Gasteiger partial charge in [0.05, 0.1) is 0 Å². The number of carbonyl (C=O) groups excluding carboxylic acids is 1. The van der Waals surface area contributed by atoms with E-state index in [1.165, 1.54) is 29.6 Å². The molecule has 1 aliphatic heterocycles. The van der Waals surface area contributed by atoms with Crippen molar-refractivity contribution in [1.82, 2.24) is 13.9 Å². The van der Waals surface area contributed by atoms with Gasteiger partial charge < -0.3 is 5.32 Å². The number of nitrogens with zero attached hydrogens (tertiary/aromatic N) is 2. The number of rotatable bonds is 4. The fraction of sp³-hybridized carbons (Fsp3) is 0.909. The normalized spacial score (nSPS) is 25.9. The Kier molecular flexibility index (Phi) is 4.74. The molecule has 0 aromatic carbocycles. The number of hydrogen-bond acceptors (Lipinski definition) is 3. The van der Waals surface area contributed by atoms with Crippen LogP contribution < -0.4 is 5.32 Å². The molecule has 0 radical (unpaired) electrons. The molecular formula is C11H23N3O3S. The molecule has 106 valence electrons. The Morgan fingerprint density at radius 1 is 1.33 bits per heavy atom. The molecule has 1 rings (SSSR count). The molecule has 0 spiro atoms. The van der Waals surface area contributed by atoms with Crippen molar-refractivity contribution in [1.29, 1.82) is 0 Å². The second-order valence-electron chi connectivity index (χ2n) is 5.32. The molecule has 1 N–H and O–H groups in total. The molecule has 6 nitrogen and oxygen atoms in total. The SMILES string of the molecule is CC(=O)NC1CN(S(=O)(=O)N(C)C)CC1C(C)C. The van der Waals surface area contributed by atoms with Crippen LogP contribution in [-0.4, -0.2) is 56.2 Å². The van der Waals surface area contributed by atoms with Crippen molar-refractivity contribution in [2.45, 2.75) is 26.8 Å². The van der Waals surface area contributed by atoms with Crippen LogP contribution in [0.2, 0.25) is 0 Å². The van der Waals surface area contributed by atoms with E-state index in [1.54, 1.807) is 0 Å². The van der Waals surface area contributed by atoms with Gasteiger partial charge in [-0.1, -0.05) is 13.8 Å². The molecule has 1 heterocycles. The first kappa shape index (κ1) is 15.4. The first-order chi connectivity index (χ1) is 8.16. The summed E-state index contributed by atoms with van der Waals surface area (Å²) in [7, 11) is -0.358. The Morgan fingerprint density at radius 3 is 2.28 bits per heavy atom. The van der Waals surface area contributed by atoms with Gasteiger partial charge in [-0.15, -0.1) is 0 Å². The van der Waals surface area contributed by atoms with Gasteiger partial charge in [-0.25, -0.2) is 0 Å². The van der Waals surface area contributed by atoms with Crippen LogP contribution in [0.3, 0.4) is 0 Å². The quantitative estimate of drug-likeness (QED) is 0.779. The summed E-state index contributed by atoms with van der Waals surface area (Å²) >= 11 is 0. The number of carbonyl (C=O) groups is 1. The maximum atomic E-state index is 12.1. The standard InChI is InChI=1S/C11H23N3O3S/c1-8(2)10-6-14(18(16,17)13(4)5)7-11(10)12-9(3)15/h8,10-11H,6-7H2,1-5H3,(H,12,15). The summed E-state index contributed by atoms with van der Waals surface area (Å²) in [5.74, 6) is 0.364. The van der Waals surface area contributed by atoms with Crippen LogP contribution in [0.25, 0.3) is 0 Å². The van der Waals surface area contributed by atoms with E-state index in [0.717, 1.165) is 0 Å². The van der Waals surface area contributed by atoms with Crippen LogP contribution in [0.4, 0.5) is 0 Å². The van der Waals surface area contributed by atoms with Crippen LogP contribution in [0.1, 0.15) is 20.8 Å². The van der Waals surface area contributed by atoms with Crippen molar-refractivity contribution in [3.8, 4) is 0 Å². The first-order valence-electron chi connectivity index (χ1n) is 6.11. The van der Waals surface area contributed by atoms with Gasteiger partial charge in [-0.3, -0.25) is 4.79 Å². The van der Waals surface area contributed by atoms with Crippen molar-refractivity contribution < 1.29 is 13.2 Å². The van der Waals surface area contributed by atoms with Crippen molar-refractivity contribution >= 4 is 16.1 Å². The first-order valence-corrected chi connectivity index (χ1v) is 7.50. The van der Waals surface area contributed by atoms with Gasteiger partial charge >= 0.3 is 0 Å². The van der Waals surface area contributed by atoms with Crippen LogP contribution in [0, 0.1) is 11.8 Å². The van der Waals surface area contributed by atoms with Crippen molar-refractivity contribution in [2.75, 3.05) is 27.2 Å². The van der Waals surface area contributed by atoms with E-state index in [9.17, 15) is 13.2 Å². The third kappa shape index (κ3) is 3.21. The summed E-state index contributed by atoms with van der Waals surface area (Å²) in [4.78, 5) is 11.2. The zero-order chi connectivity index (χ0) is 14.1. The smallest absolute Gasteiger partial charge is 0.281 e. The van der Waals surface area contributed by atoms with Gasteiger partial charge in [0, 0.05) is 40.2 Å². The molecule has 2 unspecified atom stereocenters. The molecule has 1 fully saturated rings. The maximum absolute atomic E-state index is 12.1. The highest BCUT2D eigenvalue weighted by Gasteiger charge is 2.41. The minimum atomic E-state index is -3.40. The third-order valence-electron chi connectivity index (χ3n) is 3.36. The Hall–Kier alpha value is -0.660. The molecular weight excluding hydrogens is 254 g/mol. The zero-order valence-corrected chi connectivity index (χ0v) is 12.5. The summed E-state index contributed by atoms with van der Waals surface area (Å²) in [5.41, 5.74) is 0. The second kappa shape index (κ2) is 5.54. The van der Waals surface area contributed by atoms with E-state index in [1.807, 2.05) is 13.8 Å². The van der Waals surface area contributed by atoms with Crippen LogP contribution in [0.15, 0.2) is 0 Å². The highest BCUT2D eigenvalue weighted by Crippen LogP contribution is 2.27. The number of nitrogens with one attached hydrogen (secondary N) is 1. The Balaban J connectivity index is 2.88. The Labute approximate surface area is 110 Å². The minimum absolute atomic E-state index is 0.0998. The van der Waals surface area contributed by atoms with Gasteiger partial charge in [0.15, 0.2) is 0 Å². The fourth-order valence-corrected chi connectivity index (χ4v) is 3.47. The lowest BCUT2D eigenvalue weighted by molar-refractivity contribution is -0.119. The van der Waals surface area contributed by atoms with E-state index in [0.29, 0.717) is 19.0 Å². The lowest BCUT2D eigenvalue weighted by atomic mass is 9.91. The second-order valence-corrected chi connectivity index (χ2v) is 7.46. The average molecular weight is 277 g/mol. The Bertz CT molecular complexity index is 406. The van der Waals surface area contributed by atoms with Gasteiger partial charge in [-0.2, -0.15) is 17.0 Å². The average Bonchev–Trinajstić information content (AvgIpc) is 2.60. The molecule has 0 aromatic heterocycles. The molecule has 1 saturated heterocycles. The summed E-state index contributed by atoms with van der Waals surface area (Å²) in [6.45, 7) is 6.36. The molecule has 0 saturated carbocycles. The maximum Gasteiger partial charge on any atom is 0.281 e. The molecule has 2 atom stereocenters. The highest BCUT2D eigenvalue weighted by atomic mass is 32.2. The largest absolute Gasteiger partial charge is 0.352 e. The number of amides is 1. The number of hydrogen-bond donors (Lipinski definition) is 1. The van der Waals surface area contributed by atoms with Gasteiger partial charge in [0.1, 0.15) is 0 Å². The monoisotopic (exact) mass is 277 g/mol. The van der Waals surface area contributed by atoms with Crippen LogP contribution in [0.5, 0.6) is 0 Å². The molecule has 1 aliphatic rings. The lowest BCUT2D eigenvalue weighted by Gasteiger charge is -2.22. The van der Waals surface area contributed by atoms with E-state index in [2.05, 4.69) is 5.32 Å². The van der Waals surface area contributed by atoms with E-state index < -0.39 is 10.2 Å². The predicted octanol–water partition coefficient (Wildman–Crippen LogP) is -0.115. The van der Waals surface area contributed by atoms with Gasteiger partial charge in [0.25, 0.3) is 10.2 Å².